The van der Waals surface area contributed by atoms with Gasteiger partial charge in [0.2, 0.25) is 0 Å². The molecule has 0 aliphatic carbocycles. The summed E-state index contributed by atoms with van der Waals surface area (Å²) >= 11 is 0. The lowest BCUT2D eigenvalue weighted by Crippen LogP contribution is -2.21. The van der Waals surface area contributed by atoms with Gasteiger partial charge in [-0.1, -0.05) is 0 Å². The third-order valence-electron chi connectivity index (χ3n) is 3.61. The first-order chi connectivity index (χ1) is 9.92. The fraction of sp³-hybridized carbons (Fsp3) is 0.438. The van der Waals surface area contributed by atoms with E-state index in [0.717, 1.165) is 11.8 Å². The lowest BCUT2D eigenvalue weighted by Gasteiger charge is -2.17. The Labute approximate surface area is 124 Å². The summed E-state index contributed by atoms with van der Waals surface area (Å²) in [6.45, 7) is 5.74. The highest BCUT2D eigenvalue weighted by molar-refractivity contribution is 5.29. The van der Waals surface area contributed by atoms with Crippen molar-refractivity contribution in [3.8, 4) is 0 Å². The Morgan fingerprint density at radius 2 is 1.95 bits per heavy atom. The van der Waals surface area contributed by atoms with Gasteiger partial charge in [-0.05, 0) is 45.5 Å². The molecule has 1 aromatic heterocycles. The maximum atomic E-state index is 14.0. The van der Waals surface area contributed by atoms with Crippen LogP contribution in [0.4, 0.5) is 8.78 Å². The molecule has 0 spiro atoms. The molecule has 2 rings (SSSR count). The van der Waals surface area contributed by atoms with Crippen molar-refractivity contribution in [2.24, 2.45) is 0 Å². The summed E-state index contributed by atoms with van der Waals surface area (Å²) in [6, 6.07) is 4.49. The molecule has 1 unspecified atom stereocenters. The highest BCUT2D eigenvalue weighted by Gasteiger charge is 2.18. The van der Waals surface area contributed by atoms with E-state index in [0.29, 0.717) is 17.5 Å². The first kappa shape index (κ1) is 15.6. The molecule has 0 aliphatic heterocycles. The molecule has 0 amide bonds. The van der Waals surface area contributed by atoms with Gasteiger partial charge in [-0.2, -0.15) is 5.10 Å². The van der Waals surface area contributed by atoms with Crippen molar-refractivity contribution in [2.45, 2.75) is 39.3 Å². The zero-order valence-electron chi connectivity index (χ0n) is 12.8. The summed E-state index contributed by atoms with van der Waals surface area (Å²) in [7, 11) is 1.77. The van der Waals surface area contributed by atoms with Crippen LogP contribution in [-0.4, -0.2) is 16.8 Å². The van der Waals surface area contributed by atoms with Gasteiger partial charge in [-0.3, -0.25) is 4.68 Å². The molecule has 0 fully saturated rings. The van der Waals surface area contributed by atoms with Gasteiger partial charge in [0.1, 0.15) is 11.6 Å². The maximum absolute atomic E-state index is 14.0. The zero-order valence-corrected chi connectivity index (χ0v) is 12.8. The van der Waals surface area contributed by atoms with E-state index >= 15 is 0 Å². The summed E-state index contributed by atoms with van der Waals surface area (Å²) in [5.74, 6) is -1.05. The predicted molar refractivity (Wildman–Crippen MR) is 79.2 cm³/mol. The first-order valence-corrected chi connectivity index (χ1v) is 7.09. The molecule has 1 atom stereocenters. The normalized spacial score (nSPS) is 12.9. The maximum Gasteiger partial charge on any atom is 0.130 e. The average molecular weight is 293 g/mol. The Balaban J connectivity index is 2.25. The minimum absolute atomic E-state index is 0.236. The van der Waals surface area contributed by atoms with Crippen molar-refractivity contribution in [3.63, 3.8) is 0 Å². The predicted octanol–water partition coefficient (Wildman–Crippen LogP) is 3.55. The number of rotatable bonds is 5. The van der Waals surface area contributed by atoms with Gasteiger partial charge in [0, 0.05) is 36.3 Å². The minimum Gasteiger partial charge on any atom is -0.313 e. The number of nitrogens with one attached hydrogen (secondary N) is 1. The number of hydrogen-bond donors (Lipinski definition) is 1. The molecule has 1 aromatic carbocycles. The SMILES string of the molecule is CNC(Cc1ccn(C(C)C)n1)c1cc(C)c(F)cc1F. The molecule has 0 bridgehead atoms. The van der Waals surface area contributed by atoms with Gasteiger partial charge in [0.05, 0.1) is 5.69 Å². The summed E-state index contributed by atoms with van der Waals surface area (Å²) in [6.07, 6.45) is 2.47. The fourth-order valence-electron chi connectivity index (χ4n) is 2.30. The molecule has 0 saturated heterocycles. The van der Waals surface area contributed by atoms with Crippen molar-refractivity contribution in [3.05, 3.63) is 52.9 Å². The quantitative estimate of drug-likeness (QED) is 0.913. The summed E-state index contributed by atoms with van der Waals surface area (Å²) < 4.78 is 29.2. The Bertz CT molecular complexity index is 620. The van der Waals surface area contributed by atoms with Gasteiger partial charge >= 0.3 is 0 Å². The van der Waals surface area contributed by atoms with Crippen LogP contribution in [-0.2, 0) is 6.42 Å². The van der Waals surface area contributed by atoms with Crippen molar-refractivity contribution < 1.29 is 8.78 Å². The summed E-state index contributed by atoms with van der Waals surface area (Å²) in [4.78, 5) is 0. The van der Waals surface area contributed by atoms with Crippen LogP contribution in [0, 0.1) is 18.6 Å². The van der Waals surface area contributed by atoms with Crippen molar-refractivity contribution in [1.29, 1.82) is 0 Å². The molecular formula is C16H21F2N3. The molecule has 0 radical (unpaired) electrons. The number of benzene rings is 1. The van der Waals surface area contributed by atoms with Crippen molar-refractivity contribution in [1.82, 2.24) is 15.1 Å². The molecule has 1 heterocycles. The lowest BCUT2D eigenvalue weighted by atomic mass is 9.99. The Kier molecular flexibility index (Phi) is 4.73. The van der Waals surface area contributed by atoms with Crippen molar-refractivity contribution in [2.75, 3.05) is 7.05 Å². The standard InChI is InChI=1S/C16H21F2N3/c1-10(2)21-6-5-12(20-21)8-16(19-4)13-7-11(3)14(17)9-15(13)18/h5-7,9-10,16,19H,8H2,1-4H3. The first-order valence-electron chi connectivity index (χ1n) is 7.09. The Morgan fingerprint density at radius 1 is 1.24 bits per heavy atom. The summed E-state index contributed by atoms with van der Waals surface area (Å²) in [5.41, 5.74) is 1.79. The Hall–Kier alpha value is -1.75. The number of likely N-dealkylation sites (N-methyl/N-ethyl adjacent to an activating group) is 1. The van der Waals surface area contributed by atoms with E-state index in [2.05, 4.69) is 24.3 Å². The van der Waals surface area contributed by atoms with Gasteiger partial charge < -0.3 is 5.32 Å². The van der Waals surface area contributed by atoms with E-state index in [1.807, 2.05) is 16.9 Å². The van der Waals surface area contributed by atoms with Crippen LogP contribution in [0.15, 0.2) is 24.4 Å². The van der Waals surface area contributed by atoms with E-state index in [9.17, 15) is 8.78 Å². The third-order valence-corrected chi connectivity index (χ3v) is 3.61. The molecular weight excluding hydrogens is 272 g/mol. The second-order valence-electron chi connectivity index (χ2n) is 5.55. The highest BCUT2D eigenvalue weighted by Crippen LogP contribution is 2.23. The molecule has 21 heavy (non-hydrogen) atoms. The second-order valence-corrected chi connectivity index (χ2v) is 5.55. The van der Waals surface area contributed by atoms with Gasteiger partial charge in [-0.15, -0.1) is 0 Å². The molecule has 1 N–H and O–H groups in total. The number of aryl methyl sites for hydroxylation is 1. The molecule has 3 nitrogen and oxygen atoms in total. The smallest absolute Gasteiger partial charge is 0.130 e. The van der Waals surface area contributed by atoms with E-state index in [4.69, 9.17) is 0 Å². The largest absolute Gasteiger partial charge is 0.313 e. The van der Waals surface area contributed by atoms with E-state index in [-0.39, 0.29) is 12.1 Å². The van der Waals surface area contributed by atoms with Crippen LogP contribution in [0.25, 0.3) is 0 Å². The van der Waals surface area contributed by atoms with Gasteiger partial charge in [-0.25, -0.2) is 8.78 Å². The second kappa shape index (κ2) is 6.35. The van der Waals surface area contributed by atoms with Crippen molar-refractivity contribution >= 4 is 0 Å². The van der Waals surface area contributed by atoms with Crippen LogP contribution in [0.5, 0.6) is 0 Å². The van der Waals surface area contributed by atoms with Crippen LogP contribution < -0.4 is 5.32 Å². The third kappa shape index (κ3) is 3.47. The molecule has 0 saturated carbocycles. The number of aromatic nitrogens is 2. The Morgan fingerprint density at radius 3 is 2.52 bits per heavy atom. The zero-order chi connectivity index (χ0) is 15.6. The molecule has 114 valence electrons. The number of hydrogen-bond acceptors (Lipinski definition) is 2. The average Bonchev–Trinajstić information content (AvgIpc) is 2.89. The highest BCUT2D eigenvalue weighted by atomic mass is 19.1. The number of nitrogens with zero attached hydrogens (tertiary/aromatic N) is 2. The minimum atomic E-state index is -0.527. The van der Waals surface area contributed by atoms with Crippen LogP contribution in [0.3, 0.4) is 0 Å². The summed E-state index contributed by atoms with van der Waals surface area (Å²) in [5, 5.41) is 7.55. The molecule has 5 heteroatoms. The van der Waals surface area contributed by atoms with Crippen LogP contribution in [0.1, 0.15) is 42.8 Å². The topological polar surface area (TPSA) is 29.9 Å². The monoisotopic (exact) mass is 293 g/mol. The van der Waals surface area contributed by atoms with Crippen LogP contribution >= 0.6 is 0 Å². The van der Waals surface area contributed by atoms with Gasteiger partial charge in [0.15, 0.2) is 0 Å². The fourth-order valence-corrected chi connectivity index (χ4v) is 2.30. The number of halogens is 2. The van der Waals surface area contributed by atoms with E-state index in [1.54, 1.807) is 20.0 Å². The lowest BCUT2D eigenvalue weighted by molar-refractivity contribution is 0.499. The molecule has 2 aromatic rings. The van der Waals surface area contributed by atoms with Gasteiger partial charge in [0.25, 0.3) is 0 Å². The molecule has 0 aliphatic rings. The van der Waals surface area contributed by atoms with Crippen LogP contribution in [0.2, 0.25) is 0 Å². The van der Waals surface area contributed by atoms with E-state index < -0.39 is 11.6 Å². The van der Waals surface area contributed by atoms with E-state index in [1.165, 1.54) is 0 Å².